The van der Waals surface area contributed by atoms with Crippen molar-refractivity contribution in [2.24, 2.45) is 0 Å². The van der Waals surface area contributed by atoms with Crippen LogP contribution >= 0.6 is 0 Å². The van der Waals surface area contributed by atoms with E-state index in [2.05, 4.69) is 5.32 Å². The summed E-state index contributed by atoms with van der Waals surface area (Å²) < 4.78 is 0. The molecule has 3 N–H and O–H groups in total. The number of hydrogen-bond donors (Lipinski definition) is 3. The van der Waals surface area contributed by atoms with E-state index in [1.54, 1.807) is 11.6 Å². The van der Waals surface area contributed by atoms with E-state index in [1.807, 2.05) is 43.3 Å². The van der Waals surface area contributed by atoms with Gasteiger partial charge in [0, 0.05) is 19.0 Å². The molecule has 0 fully saturated rings. The predicted octanol–water partition coefficient (Wildman–Crippen LogP) is 2.75. The van der Waals surface area contributed by atoms with Crippen LogP contribution in [0, 0.1) is 6.92 Å². The molecule has 0 unspecified atom stereocenters. The van der Waals surface area contributed by atoms with Crippen molar-refractivity contribution in [1.29, 1.82) is 0 Å². The predicted molar refractivity (Wildman–Crippen MR) is 90.8 cm³/mol. The highest BCUT2D eigenvalue weighted by Crippen LogP contribution is 2.08. The maximum atomic E-state index is 11.6. The van der Waals surface area contributed by atoms with Gasteiger partial charge in [0.25, 0.3) is 0 Å². The minimum Gasteiger partial charge on any atom is -0.353 e. The van der Waals surface area contributed by atoms with Crippen molar-refractivity contribution in [3.05, 3.63) is 53.6 Å². The highest BCUT2D eigenvalue weighted by molar-refractivity contribution is 5.87. The number of carbonyl (C=O) groups is 2. The first-order chi connectivity index (χ1) is 11.1. The molecule has 0 radical (unpaired) electrons. The Morgan fingerprint density at radius 1 is 1.13 bits per heavy atom. The molecule has 0 aliphatic rings. The number of nitrogens with one attached hydrogen (secondary N) is 2. The van der Waals surface area contributed by atoms with Crippen molar-refractivity contribution in [3.63, 3.8) is 0 Å². The highest BCUT2D eigenvalue weighted by Gasteiger charge is 1.98. The summed E-state index contributed by atoms with van der Waals surface area (Å²) in [5.41, 5.74) is 3.91. The van der Waals surface area contributed by atoms with Gasteiger partial charge in [-0.05, 0) is 30.9 Å². The fourth-order valence-electron chi connectivity index (χ4n) is 1.99. The van der Waals surface area contributed by atoms with Gasteiger partial charge < -0.3 is 5.32 Å². The Morgan fingerprint density at radius 3 is 2.65 bits per heavy atom. The monoisotopic (exact) mass is 316 g/mol. The Kier molecular flexibility index (Phi) is 9.09. The fraction of sp³-hybridized carbons (Fsp3) is 0.333. The van der Waals surface area contributed by atoms with Crippen molar-refractivity contribution in [3.8, 4) is 0 Å². The van der Waals surface area contributed by atoms with Crippen molar-refractivity contribution in [1.82, 2.24) is 10.8 Å². The van der Waals surface area contributed by atoms with Crippen LogP contribution in [0.5, 0.6) is 0 Å². The Bertz CT molecular complexity index is 565. The molecule has 0 aromatic heterocycles. The van der Waals surface area contributed by atoms with Crippen LogP contribution in [0.1, 0.15) is 36.8 Å². The molecule has 1 rings (SSSR count). The molecular formula is C18H24N2O3. The smallest absolute Gasteiger partial charge is 0.243 e. The molecule has 0 saturated carbocycles. The van der Waals surface area contributed by atoms with Crippen LogP contribution in [0.3, 0.4) is 0 Å². The van der Waals surface area contributed by atoms with E-state index in [9.17, 15) is 9.59 Å². The zero-order valence-corrected chi connectivity index (χ0v) is 13.4. The van der Waals surface area contributed by atoms with Crippen molar-refractivity contribution >= 4 is 17.9 Å². The lowest BCUT2D eigenvalue weighted by Gasteiger charge is -2.02. The van der Waals surface area contributed by atoms with Crippen molar-refractivity contribution in [2.45, 2.75) is 32.6 Å². The Labute approximate surface area is 137 Å². The van der Waals surface area contributed by atoms with E-state index < -0.39 is 0 Å². The fourth-order valence-corrected chi connectivity index (χ4v) is 1.99. The third kappa shape index (κ3) is 8.58. The van der Waals surface area contributed by atoms with Crippen LogP contribution in [0.4, 0.5) is 0 Å². The summed E-state index contributed by atoms with van der Waals surface area (Å²) in [7, 11) is 0. The van der Waals surface area contributed by atoms with Gasteiger partial charge >= 0.3 is 0 Å². The second-order valence-corrected chi connectivity index (χ2v) is 5.21. The van der Waals surface area contributed by atoms with Crippen molar-refractivity contribution < 1.29 is 14.8 Å². The molecule has 0 bridgehead atoms. The molecule has 1 aromatic rings. The molecule has 0 aliphatic heterocycles. The maximum absolute atomic E-state index is 11.6. The van der Waals surface area contributed by atoms with E-state index in [0.29, 0.717) is 19.4 Å². The summed E-state index contributed by atoms with van der Waals surface area (Å²) >= 11 is 0. The van der Waals surface area contributed by atoms with Gasteiger partial charge in [0.05, 0.1) is 0 Å². The van der Waals surface area contributed by atoms with Gasteiger partial charge in [0.1, 0.15) is 0 Å². The van der Waals surface area contributed by atoms with Crippen LogP contribution in [-0.2, 0) is 9.59 Å². The Hall–Kier alpha value is -2.40. The first-order valence-corrected chi connectivity index (χ1v) is 7.74. The Morgan fingerprint density at radius 2 is 1.91 bits per heavy atom. The summed E-state index contributed by atoms with van der Waals surface area (Å²) in [5, 5.41) is 11.1. The lowest BCUT2D eigenvalue weighted by Crippen LogP contribution is -2.22. The van der Waals surface area contributed by atoms with Gasteiger partial charge in [-0.25, -0.2) is 5.48 Å². The van der Waals surface area contributed by atoms with E-state index in [-0.39, 0.29) is 11.8 Å². The third-order valence-corrected chi connectivity index (χ3v) is 3.33. The molecule has 5 heteroatoms. The number of allylic oxidation sites excluding steroid dienone is 2. The topological polar surface area (TPSA) is 78.4 Å². The highest BCUT2D eigenvalue weighted by atomic mass is 16.5. The molecule has 0 saturated heterocycles. The third-order valence-electron chi connectivity index (χ3n) is 3.33. The summed E-state index contributed by atoms with van der Waals surface area (Å²) in [6.45, 7) is 2.62. The van der Waals surface area contributed by atoms with Crippen molar-refractivity contribution in [2.75, 3.05) is 6.54 Å². The number of benzene rings is 1. The molecule has 23 heavy (non-hydrogen) atoms. The van der Waals surface area contributed by atoms with E-state index in [1.165, 1.54) is 11.6 Å². The molecule has 1 aromatic carbocycles. The SMILES string of the molecule is Cc1ccccc1/C=C/C=C/C(=O)NCCCCCC(=O)NO. The van der Waals surface area contributed by atoms with E-state index in [4.69, 9.17) is 5.21 Å². The second kappa shape index (κ2) is 11.2. The summed E-state index contributed by atoms with van der Waals surface area (Å²) in [4.78, 5) is 22.4. The molecule has 0 aliphatic carbocycles. The number of aryl methyl sites for hydroxylation is 1. The number of hydroxylamine groups is 1. The van der Waals surface area contributed by atoms with Gasteiger partial charge in [0.15, 0.2) is 0 Å². The average molecular weight is 316 g/mol. The summed E-state index contributed by atoms with van der Waals surface area (Å²) in [5.74, 6) is -0.509. The number of hydrogen-bond acceptors (Lipinski definition) is 3. The van der Waals surface area contributed by atoms with Crippen LogP contribution in [-0.4, -0.2) is 23.6 Å². The molecule has 0 spiro atoms. The Balaban J connectivity index is 2.16. The van der Waals surface area contributed by atoms with Gasteiger partial charge in [-0.3, -0.25) is 14.8 Å². The zero-order chi connectivity index (χ0) is 16.9. The maximum Gasteiger partial charge on any atom is 0.243 e. The normalized spacial score (nSPS) is 11.0. The van der Waals surface area contributed by atoms with Crippen LogP contribution in [0.25, 0.3) is 6.08 Å². The molecule has 0 atom stereocenters. The average Bonchev–Trinajstić information content (AvgIpc) is 2.56. The van der Waals surface area contributed by atoms with Gasteiger partial charge in [-0.2, -0.15) is 0 Å². The van der Waals surface area contributed by atoms with Crippen LogP contribution < -0.4 is 10.8 Å². The number of rotatable bonds is 9. The minimum absolute atomic E-state index is 0.132. The zero-order valence-electron chi connectivity index (χ0n) is 13.4. The minimum atomic E-state index is -0.377. The summed E-state index contributed by atoms with van der Waals surface area (Å²) in [6, 6.07) is 8.04. The molecule has 124 valence electrons. The van der Waals surface area contributed by atoms with Crippen LogP contribution in [0.2, 0.25) is 0 Å². The number of unbranched alkanes of at least 4 members (excludes halogenated alkanes) is 2. The largest absolute Gasteiger partial charge is 0.353 e. The van der Waals surface area contributed by atoms with Gasteiger partial charge in [-0.1, -0.05) is 48.9 Å². The number of carbonyl (C=O) groups excluding carboxylic acids is 2. The quantitative estimate of drug-likeness (QED) is 0.215. The van der Waals surface area contributed by atoms with Gasteiger partial charge in [0.2, 0.25) is 11.8 Å². The molecule has 5 nitrogen and oxygen atoms in total. The van der Waals surface area contributed by atoms with E-state index in [0.717, 1.165) is 18.4 Å². The second-order valence-electron chi connectivity index (χ2n) is 5.21. The van der Waals surface area contributed by atoms with Gasteiger partial charge in [-0.15, -0.1) is 0 Å². The molecule has 0 heterocycles. The lowest BCUT2D eigenvalue weighted by atomic mass is 10.1. The lowest BCUT2D eigenvalue weighted by molar-refractivity contribution is -0.129. The molecule has 2 amide bonds. The van der Waals surface area contributed by atoms with Crippen LogP contribution in [0.15, 0.2) is 42.5 Å². The molecular weight excluding hydrogens is 292 g/mol. The summed E-state index contributed by atoms with van der Waals surface area (Å²) in [6.07, 6.45) is 9.63. The standard InChI is InChI=1S/C18H24N2O3/c1-15-9-4-5-10-16(15)11-6-7-12-17(21)19-14-8-2-3-13-18(22)20-23/h4-7,9-12,23H,2-3,8,13-14H2,1H3,(H,19,21)(H,20,22)/b11-6+,12-7+. The first-order valence-electron chi connectivity index (χ1n) is 7.74. The first kappa shape index (κ1) is 18.6. The van der Waals surface area contributed by atoms with E-state index >= 15 is 0 Å². The number of amides is 2.